The van der Waals surface area contributed by atoms with E-state index in [0.29, 0.717) is 16.5 Å². The van der Waals surface area contributed by atoms with Gasteiger partial charge < -0.3 is 19.7 Å². The number of piperazine rings is 1. The van der Waals surface area contributed by atoms with Crippen LogP contribution in [0, 0.1) is 0 Å². The molecular formula is C18H23Cl2N3O4S. The lowest BCUT2D eigenvalue weighted by Gasteiger charge is -2.30. The normalized spacial score (nSPS) is 14.2. The summed E-state index contributed by atoms with van der Waals surface area (Å²) in [5.74, 6) is 1.02. The molecule has 2 N–H and O–H groups in total. The van der Waals surface area contributed by atoms with E-state index in [1.807, 2.05) is 0 Å². The molecule has 0 unspecified atom stereocenters. The van der Waals surface area contributed by atoms with Crippen LogP contribution in [0.5, 0.6) is 11.5 Å². The first-order chi connectivity index (χ1) is 12.9. The summed E-state index contributed by atoms with van der Waals surface area (Å²) in [4.78, 5) is 2.24. The van der Waals surface area contributed by atoms with Crippen molar-refractivity contribution < 1.29 is 17.9 Å². The Bertz CT molecular complexity index is 919. The van der Waals surface area contributed by atoms with E-state index in [9.17, 15) is 8.42 Å². The van der Waals surface area contributed by atoms with Crippen LogP contribution < -0.4 is 24.4 Å². The number of hydrogen-bond acceptors (Lipinski definition) is 6. The maximum Gasteiger partial charge on any atom is 0.262 e. The molecule has 154 valence electrons. The molecule has 2 aromatic carbocycles. The minimum absolute atomic E-state index is 0. The summed E-state index contributed by atoms with van der Waals surface area (Å²) in [5, 5.41) is 3.69. The summed E-state index contributed by atoms with van der Waals surface area (Å²) in [6, 6.07) is 9.57. The quantitative estimate of drug-likeness (QED) is 0.708. The molecule has 0 aliphatic carbocycles. The van der Waals surface area contributed by atoms with Crippen molar-refractivity contribution in [1.82, 2.24) is 5.32 Å². The maximum absolute atomic E-state index is 12.9. The number of sulfonamides is 1. The molecule has 3 rings (SSSR count). The van der Waals surface area contributed by atoms with Crippen molar-refractivity contribution in [1.29, 1.82) is 0 Å². The van der Waals surface area contributed by atoms with Gasteiger partial charge in [0.1, 0.15) is 11.5 Å². The number of benzene rings is 2. The molecule has 1 fully saturated rings. The summed E-state index contributed by atoms with van der Waals surface area (Å²) >= 11 is 6.00. The Morgan fingerprint density at radius 2 is 1.68 bits per heavy atom. The van der Waals surface area contributed by atoms with E-state index in [0.717, 1.165) is 31.9 Å². The van der Waals surface area contributed by atoms with Crippen molar-refractivity contribution in [2.24, 2.45) is 0 Å². The Morgan fingerprint density at radius 3 is 2.32 bits per heavy atom. The van der Waals surface area contributed by atoms with Gasteiger partial charge in [-0.2, -0.15) is 0 Å². The molecule has 0 amide bonds. The second-order valence-electron chi connectivity index (χ2n) is 6.02. The Morgan fingerprint density at radius 1 is 1.04 bits per heavy atom. The van der Waals surface area contributed by atoms with Crippen LogP contribution in [0.15, 0.2) is 41.3 Å². The number of nitrogens with one attached hydrogen (secondary N) is 2. The zero-order valence-electron chi connectivity index (χ0n) is 15.6. The molecule has 0 atom stereocenters. The van der Waals surface area contributed by atoms with Gasteiger partial charge in [-0.3, -0.25) is 4.72 Å². The second-order valence-corrected chi connectivity index (χ2v) is 8.14. The topological polar surface area (TPSA) is 79.9 Å². The number of nitrogens with zero attached hydrogens (tertiary/aromatic N) is 1. The molecule has 0 aromatic heterocycles. The van der Waals surface area contributed by atoms with E-state index in [4.69, 9.17) is 21.1 Å². The van der Waals surface area contributed by atoms with Crippen LogP contribution in [0.1, 0.15) is 0 Å². The molecule has 0 bridgehead atoms. The van der Waals surface area contributed by atoms with Crippen LogP contribution in [0.4, 0.5) is 11.4 Å². The van der Waals surface area contributed by atoms with E-state index < -0.39 is 10.0 Å². The third kappa shape index (κ3) is 4.94. The van der Waals surface area contributed by atoms with Crippen molar-refractivity contribution in [2.75, 3.05) is 50.0 Å². The summed E-state index contributed by atoms with van der Waals surface area (Å²) in [6.07, 6.45) is 0. The number of methoxy groups -OCH3 is 2. The van der Waals surface area contributed by atoms with Crippen molar-refractivity contribution >= 4 is 45.4 Å². The Balaban J connectivity index is 0.00000280. The highest BCUT2D eigenvalue weighted by molar-refractivity contribution is 7.92. The van der Waals surface area contributed by atoms with Gasteiger partial charge >= 0.3 is 0 Å². The average Bonchev–Trinajstić information content (AvgIpc) is 2.68. The summed E-state index contributed by atoms with van der Waals surface area (Å²) in [7, 11) is -0.792. The first-order valence-electron chi connectivity index (χ1n) is 8.44. The smallest absolute Gasteiger partial charge is 0.262 e. The largest absolute Gasteiger partial charge is 0.495 e. The molecule has 0 spiro atoms. The SMILES string of the molecule is COc1ccc(Cl)cc1NS(=O)(=O)c1ccc(OC)c(N2CCNCC2)c1.Cl. The molecule has 0 saturated carbocycles. The molecule has 1 aliphatic rings. The van der Waals surface area contributed by atoms with Crippen LogP contribution in [0.3, 0.4) is 0 Å². The first-order valence-corrected chi connectivity index (χ1v) is 10.3. The number of halogens is 2. The number of rotatable bonds is 6. The zero-order chi connectivity index (χ0) is 19.4. The predicted octanol–water partition coefficient (Wildman–Crippen LogP) is 2.99. The minimum atomic E-state index is -3.84. The molecular weight excluding hydrogens is 425 g/mol. The van der Waals surface area contributed by atoms with Gasteiger partial charge in [0, 0.05) is 31.2 Å². The summed E-state index contributed by atoms with van der Waals surface area (Å²) in [6.45, 7) is 3.21. The van der Waals surface area contributed by atoms with Gasteiger partial charge in [0.05, 0.1) is 30.5 Å². The van der Waals surface area contributed by atoms with E-state index >= 15 is 0 Å². The van der Waals surface area contributed by atoms with E-state index in [2.05, 4.69) is 14.9 Å². The lowest BCUT2D eigenvalue weighted by molar-refractivity contribution is 0.412. The fourth-order valence-corrected chi connectivity index (χ4v) is 4.21. The molecule has 0 radical (unpaired) electrons. The highest BCUT2D eigenvalue weighted by Crippen LogP contribution is 2.34. The van der Waals surface area contributed by atoms with Gasteiger partial charge in [-0.25, -0.2) is 8.42 Å². The maximum atomic E-state index is 12.9. The zero-order valence-corrected chi connectivity index (χ0v) is 18.0. The minimum Gasteiger partial charge on any atom is -0.495 e. The van der Waals surface area contributed by atoms with Gasteiger partial charge in [-0.05, 0) is 36.4 Å². The third-order valence-corrected chi connectivity index (χ3v) is 5.92. The molecule has 7 nitrogen and oxygen atoms in total. The number of hydrogen-bond donors (Lipinski definition) is 2. The Hall–Kier alpha value is -1.87. The van der Waals surface area contributed by atoms with E-state index in [1.165, 1.54) is 19.2 Å². The fourth-order valence-electron chi connectivity index (χ4n) is 2.95. The Kier molecular flexibility index (Phi) is 7.65. The highest BCUT2D eigenvalue weighted by atomic mass is 35.5. The monoisotopic (exact) mass is 447 g/mol. The van der Waals surface area contributed by atoms with Crippen LogP contribution in [-0.2, 0) is 10.0 Å². The molecule has 10 heteroatoms. The number of ether oxygens (including phenoxy) is 2. The van der Waals surface area contributed by atoms with Crippen molar-refractivity contribution in [2.45, 2.75) is 4.90 Å². The van der Waals surface area contributed by atoms with Gasteiger partial charge in [0.2, 0.25) is 0 Å². The van der Waals surface area contributed by atoms with Crippen molar-refractivity contribution in [3.8, 4) is 11.5 Å². The lowest BCUT2D eigenvalue weighted by Crippen LogP contribution is -2.43. The van der Waals surface area contributed by atoms with Gasteiger partial charge in [0.15, 0.2) is 0 Å². The standard InChI is InChI=1S/C18H22ClN3O4S.ClH/c1-25-17-5-3-13(19)11-15(17)21-27(23,24)14-4-6-18(26-2)16(12-14)22-9-7-20-8-10-22;/h3-6,11-12,20-21H,7-10H2,1-2H3;1H. The van der Waals surface area contributed by atoms with Crippen LogP contribution in [0.25, 0.3) is 0 Å². The van der Waals surface area contributed by atoms with Gasteiger partial charge in [0.25, 0.3) is 10.0 Å². The van der Waals surface area contributed by atoms with Crippen LogP contribution in [0.2, 0.25) is 5.02 Å². The second kappa shape index (κ2) is 9.56. The Labute approximate surface area is 176 Å². The third-order valence-electron chi connectivity index (χ3n) is 4.32. The van der Waals surface area contributed by atoms with Crippen molar-refractivity contribution in [3.63, 3.8) is 0 Å². The molecule has 28 heavy (non-hydrogen) atoms. The molecule has 1 heterocycles. The van der Waals surface area contributed by atoms with Crippen molar-refractivity contribution in [3.05, 3.63) is 41.4 Å². The predicted molar refractivity (Wildman–Crippen MR) is 114 cm³/mol. The van der Waals surface area contributed by atoms with E-state index in [-0.39, 0.29) is 23.0 Å². The first kappa shape index (κ1) is 22.4. The molecule has 1 aliphatic heterocycles. The highest BCUT2D eigenvalue weighted by Gasteiger charge is 2.22. The molecule has 1 saturated heterocycles. The van der Waals surface area contributed by atoms with Crippen LogP contribution >= 0.6 is 24.0 Å². The lowest BCUT2D eigenvalue weighted by atomic mass is 10.2. The summed E-state index contributed by atoms with van der Waals surface area (Å²) in [5.41, 5.74) is 1.03. The average molecular weight is 448 g/mol. The number of anilines is 2. The van der Waals surface area contributed by atoms with Gasteiger partial charge in [-0.1, -0.05) is 11.6 Å². The fraction of sp³-hybridized carbons (Fsp3) is 0.333. The van der Waals surface area contributed by atoms with Crippen LogP contribution in [-0.4, -0.2) is 48.8 Å². The summed E-state index contributed by atoms with van der Waals surface area (Å²) < 4.78 is 39.1. The van der Waals surface area contributed by atoms with E-state index in [1.54, 1.807) is 31.4 Å². The molecule has 2 aromatic rings. The van der Waals surface area contributed by atoms with Gasteiger partial charge in [-0.15, -0.1) is 12.4 Å².